The fraction of sp³-hybridized carbons (Fsp3) is 0.227. The van der Waals surface area contributed by atoms with Crippen molar-refractivity contribution in [1.82, 2.24) is 4.98 Å². The van der Waals surface area contributed by atoms with Crippen molar-refractivity contribution < 1.29 is 14.3 Å². The van der Waals surface area contributed by atoms with Gasteiger partial charge in [0.05, 0.1) is 23.4 Å². The van der Waals surface area contributed by atoms with Crippen molar-refractivity contribution in [1.29, 1.82) is 0 Å². The number of hydrogen-bond acceptors (Lipinski definition) is 5. The number of benzene rings is 2. The van der Waals surface area contributed by atoms with Crippen molar-refractivity contribution in [2.75, 3.05) is 18.2 Å². The van der Waals surface area contributed by atoms with Gasteiger partial charge in [-0.15, -0.1) is 0 Å². The number of hydrogen-bond donors (Lipinski definition) is 2. The lowest BCUT2D eigenvalue weighted by molar-refractivity contribution is -0.113. The Labute approximate surface area is 172 Å². The summed E-state index contributed by atoms with van der Waals surface area (Å²) in [5.74, 6) is -0.931. The molecule has 0 saturated heterocycles. The van der Waals surface area contributed by atoms with Crippen LogP contribution in [0, 0.1) is 20.8 Å². The van der Waals surface area contributed by atoms with Crippen LogP contribution >= 0.6 is 11.8 Å². The number of pyridine rings is 1. The third-order valence-electron chi connectivity index (χ3n) is 4.52. The normalized spacial score (nSPS) is 10.8. The highest BCUT2D eigenvalue weighted by molar-refractivity contribution is 8.00. The van der Waals surface area contributed by atoms with E-state index in [0.717, 1.165) is 34.1 Å². The lowest BCUT2D eigenvalue weighted by Gasteiger charge is -2.11. The SMILES string of the molecule is COC(=O)c1c(SCC(=O)Nc2ccc(C)cc2C)[nH]c2ccc(C)cc2c1=O. The summed E-state index contributed by atoms with van der Waals surface area (Å²) in [6, 6.07) is 11.1. The van der Waals surface area contributed by atoms with Crippen molar-refractivity contribution in [2.24, 2.45) is 0 Å². The molecule has 0 aliphatic carbocycles. The lowest BCUT2D eigenvalue weighted by Crippen LogP contribution is -2.21. The van der Waals surface area contributed by atoms with Gasteiger partial charge >= 0.3 is 5.97 Å². The molecule has 6 nitrogen and oxygen atoms in total. The van der Waals surface area contributed by atoms with E-state index < -0.39 is 11.4 Å². The van der Waals surface area contributed by atoms with Crippen LogP contribution in [0.25, 0.3) is 10.9 Å². The maximum absolute atomic E-state index is 12.9. The second-order valence-electron chi connectivity index (χ2n) is 6.85. The molecular weight excluding hydrogens is 388 g/mol. The first kappa shape index (κ1) is 20.7. The van der Waals surface area contributed by atoms with E-state index in [4.69, 9.17) is 4.74 Å². The summed E-state index contributed by atoms with van der Waals surface area (Å²) in [5.41, 5.74) is 3.82. The average Bonchev–Trinajstić information content (AvgIpc) is 2.68. The van der Waals surface area contributed by atoms with Gasteiger partial charge in [0, 0.05) is 11.1 Å². The van der Waals surface area contributed by atoms with E-state index in [1.165, 1.54) is 7.11 Å². The standard InChI is InChI=1S/C22H22N2O4S/c1-12-5-7-16(14(3)9-12)23-18(25)11-29-21-19(22(27)28-4)20(26)15-10-13(2)6-8-17(15)24-21/h5-10H,11H2,1-4H3,(H,23,25)(H,24,26). The van der Waals surface area contributed by atoms with E-state index in [9.17, 15) is 14.4 Å². The summed E-state index contributed by atoms with van der Waals surface area (Å²) in [6.07, 6.45) is 0. The van der Waals surface area contributed by atoms with E-state index in [1.807, 2.05) is 45.0 Å². The molecule has 0 bridgehead atoms. The molecule has 0 aliphatic rings. The van der Waals surface area contributed by atoms with Gasteiger partial charge in [-0.25, -0.2) is 4.79 Å². The van der Waals surface area contributed by atoms with Crippen molar-refractivity contribution in [2.45, 2.75) is 25.8 Å². The molecule has 150 valence electrons. The number of rotatable bonds is 5. The summed E-state index contributed by atoms with van der Waals surface area (Å²) < 4.78 is 4.79. The Morgan fingerprint density at radius 3 is 2.45 bits per heavy atom. The monoisotopic (exact) mass is 410 g/mol. The first-order valence-electron chi connectivity index (χ1n) is 9.05. The highest BCUT2D eigenvalue weighted by Gasteiger charge is 2.21. The fourth-order valence-electron chi connectivity index (χ4n) is 3.05. The van der Waals surface area contributed by atoms with Crippen LogP contribution in [0.15, 0.2) is 46.2 Å². The van der Waals surface area contributed by atoms with Gasteiger partial charge in [0.15, 0.2) is 0 Å². The number of methoxy groups -OCH3 is 1. The Kier molecular flexibility index (Phi) is 6.08. The van der Waals surface area contributed by atoms with Crippen molar-refractivity contribution >= 4 is 40.2 Å². The molecule has 1 aromatic heterocycles. The Hall–Kier alpha value is -3.06. The third-order valence-corrected chi connectivity index (χ3v) is 5.52. The number of aromatic amines is 1. The largest absolute Gasteiger partial charge is 0.465 e. The van der Waals surface area contributed by atoms with Gasteiger partial charge in [-0.2, -0.15) is 0 Å². The first-order chi connectivity index (χ1) is 13.8. The lowest BCUT2D eigenvalue weighted by atomic mass is 10.1. The van der Waals surface area contributed by atoms with Gasteiger partial charge in [-0.3, -0.25) is 9.59 Å². The zero-order valence-electron chi connectivity index (χ0n) is 16.7. The predicted octanol–water partition coefficient (Wildman–Crippen LogP) is 3.97. The van der Waals surface area contributed by atoms with Crippen LogP contribution in [-0.2, 0) is 9.53 Å². The number of thioether (sulfide) groups is 1. The molecule has 2 aromatic carbocycles. The zero-order chi connectivity index (χ0) is 21.1. The molecule has 0 spiro atoms. The highest BCUT2D eigenvalue weighted by Crippen LogP contribution is 2.24. The summed E-state index contributed by atoms with van der Waals surface area (Å²) >= 11 is 1.09. The molecule has 0 atom stereocenters. The van der Waals surface area contributed by atoms with Crippen molar-refractivity contribution in [3.63, 3.8) is 0 Å². The number of carbonyl (C=O) groups excluding carboxylic acids is 2. The van der Waals surface area contributed by atoms with Gasteiger partial charge in [0.1, 0.15) is 5.56 Å². The number of carbonyl (C=O) groups is 2. The second-order valence-corrected chi connectivity index (χ2v) is 7.84. The number of H-pyrrole nitrogens is 1. The number of esters is 1. The molecule has 2 N–H and O–H groups in total. The quantitative estimate of drug-likeness (QED) is 0.491. The molecule has 0 aliphatic heterocycles. The van der Waals surface area contributed by atoms with Crippen LogP contribution in [0.5, 0.6) is 0 Å². The topological polar surface area (TPSA) is 88.3 Å². The average molecular weight is 410 g/mol. The maximum atomic E-state index is 12.9. The van der Waals surface area contributed by atoms with Crippen LogP contribution in [0.1, 0.15) is 27.0 Å². The first-order valence-corrected chi connectivity index (χ1v) is 10.0. The van der Waals surface area contributed by atoms with Gasteiger partial charge in [0.2, 0.25) is 11.3 Å². The molecular formula is C22H22N2O4S. The third kappa shape index (κ3) is 4.51. The Morgan fingerprint density at radius 2 is 1.76 bits per heavy atom. The van der Waals surface area contributed by atoms with E-state index in [1.54, 1.807) is 12.1 Å². The molecule has 0 unspecified atom stereocenters. The van der Waals surface area contributed by atoms with Crippen LogP contribution in [-0.4, -0.2) is 29.7 Å². The summed E-state index contributed by atoms with van der Waals surface area (Å²) in [5, 5.41) is 3.59. The van der Waals surface area contributed by atoms with Gasteiger partial charge < -0.3 is 15.0 Å². The van der Waals surface area contributed by atoms with E-state index in [2.05, 4.69) is 10.3 Å². The smallest absolute Gasteiger partial charge is 0.344 e. The molecule has 3 aromatic rings. The number of nitrogens with one attached hydrogen (secondary N) is 2. The molecule has 0 radical (unpaired) electrons. The maximum Gasteiger partial charge on any atom is 0.344 e. The van der Waals surface area contributed by atoms with E-state index in [-0.39, 0.29) is 17.2 Å². The zero-order valence-corrected chi connectivity index (χ0v) is 17.5. The summed E-state index contributed by atoms with van der Waals surface area (Å²) in [6.45, 7) is 5.78. The number of ether oxygens (including phenoxy) is 1. The molecule has 0 saturated carbocycles. The number of aryl methyl sites for hydroxylation is 3. The molecule has 3 rings (SSSR count). The van der Waals surface area contributed by atoms with E-state index in [0.29, 0.717) is 15.9 Å². The number of anilines is 1. The minimum Gasteiger partial charge on any atom is -0.465 e. The summed E-state index contributed by atoms with van der Waals surface area (Å²) in [4.78, 5) is 40.6. The summed E-state index contributed by atoms with van der Waals surface area (Å²) in [7, 11) is 1.23. The van der Waals surface area contributed by atoms with Gasteiger partial charge in [-0.05, 0) is 44.5 Å². The van der Waals surface area contributed by atoms with Crippen molar-refractivity contribution in [3.05, 3.63) is 68.9 Å². The molecule has 7 heteroatoms. The Morgan fingerprint density at radius 1 is 1.07 bits per heavy atom. The molecule has 1 heterocycles. The van der Waals surface area contributed by atoms with Crippen LogP contribution in [0.4, 0.5) is 5.69 Å². The van der Waals surface area contributed by atoms with Crippen LogP contribution < -0.4 is 10.7 Å². The number of fused-ring (bicyclic) bond motifs is 1. The molecule has 1 amide bonds. The van der Waals surface area contributed by atoms with Gasteiger partial charge in [0.25, 0.3) is 0 Å². The minimum absolute atomic E-state index is 0.0324. The van der Waals surface area contributed by atoms with Crippen molar-refractivity contribution in [3.8, 4) is 0 Å². The Bertz CT molecular complexity index is 1170. The predicted molar refractivity (Wildman–Crippen MR) is 116 cm³/mol. The molecule has 29 heavy (non-hydrogen) atoms. The molecule has 0 fully saturated rings. The fourth-order valence-corrected chi connectivity index (χ4v) is 3.90. The van der Waals surface area contributed by atoms with Gasteiger partial charge in [-0.1, -0.05) is 41.1 Å². The number of amides is 1. The Balaban J connectivity index is 1.88. The van der Waals surface area contributed by atoms with E-state index >= 15 is 0 Å². The van der Waals surface area contributed by atoms with Crippen LogP contribution in [0.2, 0.25) is 0 Å². The second kappa shape index (κ2) is 8.53. The minimum atomic E-state index is -0.730. The highest BCUT2D eigenvalue weighted by atomic mass is 32.2. The van der Waals surface area contributed by atoms with Crippen LogP contribution in [0.3, 0.4) is 0 Å². The number of aromatic nitrogens is 1.